The van der Waals surface area contributed by atoms with E-state index in [0.717, 1.165) is 45.1 Å². The van der Waals surface area contributed by atoms with Crippen LogP contribution in [-0.4, -0.2) is 69.3 Å². The normalized spacial score (nSPS) is 15.8. The number of aromatic nitrogens is 1. The average molecular weight is 292 g/mol. The van der Waals surface area contributed by atoms with Crippen LogP contribution in [0.4, 0.5) is 5.82 Å². The smallest absolute Gasteiger partial charge is 0.339 e. The second kappa shape index (κ2) is 7.38. The third-order valence-corrected chi connectivity index (χ3v) is 3.83. The molecule has 0 radical (unpaired) electrons. The Balaban J connectivity index is 1.94. The molecule has 1 aliphatic rings. The Morgan fingerprint density at radius 2 is 2.14 bits per heavy atom. The Bertz CT molecular complexity index is 487. The van der Waals surface area contributed by atoms with Crippen molar-refractivity contribution < 1.29 is 9.53 Å². The predicted molar refractivity (Wildman–Crippen MR) is 82.9 cm³/mol. The first-order valence-corrected chi connectivity index (χ1v) is 7.32. The molecule has 0 atom stereocenters. The van der Waals surface area contributed by atoms with Crippen molar-refractivity contribution in [2.24, 2.45) is 0 Å². The minimum Gasteiger partial charge on any atom is -0.465 e. The van der Waals surface area contributed by atoms with Gasteiger partial charge in [0.15, 0.2) is 0 Å². The minimum absolute atomic E-state index is 0.338. The zero-order valence-electron chi connectivity index (χ0n) is 13.1. The van der Waals surface area contributed by atoms with Gasteiger partial charge in [-0.05, 0) is 19.1 Å². The topological polar surface area (TPSA) is 57.7 Å². The summed E-state index contributed by atoms with van der Waals surface area (Å²) in [6.07, 6.45) is 0. The lowest BCUT2D eigenvalue weighted by atomic mass is 10.2. The summed E-state index contributed by atoms with van der Waals surface area (Å²) in [6, 6.07) is 3.65. The van der Waals surface area contributed by atoms with E-state index in [1.165, 1.54) is 7.11 Å². The number of nitrogens with zero attached hydrogens (tertiary/aromatic N) is 3. The summed E-state index contributed by atoms with van der Waals surface area (Å²) in [5.41, 5.74) is 1.23. The molecule has 2 rings (SSSR count). The van der Waals surface area contributed by atoms with E-state index in [1.807, 2.05) is 20.0 Å². The maximum absolute atomic E-state index is 11.6. The lowest BCUT2D eigenvalue weighted by molar-refractivity contribution is 0.0599. The van der Waals surface area contributed by atoms with E-state index < -0.39 is 0 Å². The molecule has 0 unspecified atom stereocenters. The summed E-state index contributed by atoms with van der Waals surface area (Å²) in [7, 11) is 3.41. The molecule has 0 aromatic carbocycles. The monoisotopic (exact) mass is 292 g/mol. The largest absolute Gasteiger partial charge is 0.465 e. The Hall–Kier alpha value is -1.66. The molecule has 1 aromatic rings. The Kier molecular flexibility index (Phi) is 5.52. The van der Waals surface area contributed by atoms with Crippen LogP contribution in [0.2, 0.25) is 0 Å². The van der Waals surface area contributed by atoms with E-state index in [2.05, 4.69) is 20.1 Å². The molecule has 1 aliphatic heterocycles. The van der Waals surface area contributed by atoms with Gasteiger partial charge < -0.3 is 15.0 Å². The Morgan fingerprint density at radius 3 is 2.76 bits per heavy atom. The number of hydrogen-bond donors (Lipinski definition) is 1. The second-order valence-corrected chi connectivity index (χ2v) is 5.31. The number of esters is 1. The van der Waals surface area contributed by atoms with Gasteiger partial charge in [0.25, 0.3) is 0 Å². The van der Waals surface area contributed by atoms with Crippen molar-refractivity contribution in [3.63, 3.8) is 0 Å². The highest BCUT2D eigenvalue weighted by molar-refractivity contribution is 5.90. The highest BCUT2D eigenvalue weighted by Crippen LogP contribution is 2.14. The minimum atomic E-state index is -0.338. The number of hydrogen-bond acceptors (Lipinski definition) is 6. The maximum Gasteiger partial charge on any atom is 0.339 e. The highest BCUT2D eigenvalue weighted by atomic mass is 16.5. The molecule has 2 heterocycles. The van der Waals surface area contributed by atoms with Crippen LogP contribution in [0.25, 0.3) is 0 Å². The molecule has 1 saturated heterocycles. The van der Waals surface area contributed by atoms with E-state index in [4.69, 9.17) is 4.74 Å². The molecule has 6 nitrogen and oxygen atoms in total. The molecule has 0 aliphatic carbocycles. The van der Waals surface area contributed by atoms with Crippen molar-refractivity contribution >= 4 is 11.8 Å². The van der Waals surface area contributed by atoms with Gasteiger partial charge in [-0.2, -0.15) is 0 Å². The molecule has 1 aromatic heterocycles. The number of likely N-dealkylation sites (N-methyl/N-ethyl adjacent to an activating group) is 1. The SMILES string of the molecule is COC(=O)c1ccc(N(C)CCN2CCNCC2)nc1C. The van der Waals surface area contributed by atoms with Gasteiger partial charge in [0, 0.05) is 46.3 Å². The summed E-state index contributed by atoms with van der Waals surface area (Å²) in [5, 5.41) is 3.35. The van der Waals surface area contributed by atoms with Crippen LogP contribution >= 0.6 is 0 Å². The number of nitrogens with one attached hydrogen (secondary N) is 1. The van der Waals surface area contributed by atoms with Crippen LogP contribution < -0.4 is 10.2 Å². The van der Waals surface area contributed by atoms with Gasteiger partial charge in [0.05, 0.1) is 18.4 Å². The van der Waals surface area contributed by atoms with Crippen molar-refractivity contribution in [1.82, 2.24) is 15.2 Å². The average Bonchev–Trinajstić information content (AvgIpc) is 2.52. The number of ether oxygens (including phenoxy) is 1. The Morgan fingerprint density at radius 1 is 1.43 bits per heavy atom. The van der Waals surface area contributed by atoms with Crippen LogP contribution in [0.3, 0.4) is 0 Å². The number of anilines is 1. The van der Waals surface area contributed by atoms with Gasteiger partial charge in [-0.25, -0.2) is 9.78 Å². The Labute approximate surface area is 126 Å². The van der Waals surface area contributed by atoms with Gasteiger partial charge in [0.2, 0.25) is 0 Å². The van der Waals surface area contributed by atoms with E-state index >= 15 is 0 Å². The fourth-order valence-electron chi connectivity index (χ4n) is 2.43. The molecular formula is C15H24N4O2. The van der Waals surface area contributed by atoms with Gasteiger partial charge in [0.1, 0.15) is 5.82 Å². The third-order valence-electron chi connectivity index (χ3n) is 3.83. The number of pyridine rings is 1. The lowest BCUT2D eigenvalue weighted by Gasteiger charge is -2.29. The van der Waals surface area contributed by atoms with Crippen molar-refractivity contribution in [2.75, 3.05) is 58.3 Å². The number of methoxy groups -OCH3 is 1. The molecule has 1 N–H and O–H groups in total. The van der Waals surface area contributed by atoms with Gasteiger partial charge >= 0.3 is 5.97 Å². The van der Waals surface area contributed by atoms with Gasteiger partial charge in [-0.3, -0.25) is 4.90 Å². The fraction of sp³-hybridized carbons (Fsp3) is 0.600. The second-order valence-electron chi connectivity index (χ2n) is 5.31. The first-order valence-electron chi connectivity index (χ1n) is 7.32. The molecule has 116 valence electrons. The molecule has 21 heavy (non-hydrogen) atoms. The van der Waals surface area contributed by atoms with Gasteiger partial charge in [-0.1, -0.05) is 0 Å². The number of piperazine rings is 1. The quantitative estimate of drug-likeness (QED) is 0.799. The molecule has 0 amide bonds. The predicted octanol–water partition coefficient (Wildman–Crippen LogP) is 0.518. The van der Waals surface area contributed by atoms with E-state index in [-0.39, 0.29) is 5.97 Å². The summed E-state index contributed by atoms with van der Waals surface area (Å²) in [6.45, 7) is 8.11. The van der Waals surface area contributed by atoms with Crippen molar-refractivity contribution in [1.29, 1.82) is 0 Å². The summed E-state index contributed by atoms with van der Waals surface area (Å²) in [4.78, 5) is 20.6. The number of carbonyl (C=O) groups excluding carboxylic acids is 1. The van der Waals surface area contributed by atoms with Crippen molar-refractivity contribution in [3.05, 3.63) is 23.4 Å². The van der Waals surface area contributed by atoms with Crippen molar-refractivity contribution in [2.45, 2.75) is 6.92 Å². The molecule has 0 spiro atoms. The van der Waals surface area contributed by atoms with Gasteiger partial charge in [-0.15, -0.1) is 0 Å². The molecule has 1 fully saturated rings. The van der Waals surface area contributed by atoms with E-state index in [0.29, 0.717) is 11.3 Å². The molecular weight excluding hydrogens is 268 g/mol. The molecule has 0 saturated carbocycles. The summed E-state index contributed by atoms with van der Waals surface area (Å²) in [5.74, 6) is 0.547. The van der Waals surface area contributed by atoms with Crippen LogP contribution in [0.15, 0.2) is 12.1 Å². The highest BCUT2D eigenvalue weighted by Gasteiger charge is 2.14. The first-order chi connectivity index (χ1) is 10.1. The van der Waals surface area contributed by atoms with E-state index in [9.17, 15) is 4.79 Å². The van der Waals surface area contributed by atoms with Crippen LogP contribution in [0.1, 0.15) is 16.1 Å². The summed E-state index contributed by atoms with van der Waals surface area (Å²) >= 11 is 0. The van der Waals surface area contributed by atoms with Crippen LogP contribution in [0, 0.1) is 6.92 Å². The van der Waals surface area contributed by atoms with Crippen molar-refractivity contribution in [3.8, 4) is 0 Å². The lowest BCUT2D eigenvalue weighted by Crippen LogP contribution is -2.46. The van der Waals surface area contributed by atoms with Crippen LogP contribution in [-0.2, 0) is 4.74 Å². The molecule has 0 bridgehead atoms. The zero-order valence-corrected chi connectivity index (χ0v) is 13.1. The number of rotatable bonds is 5. The standard InChI is InChI=1S/C15H24N4O2/c1-12-13(15(20)21-3)4-5-14(17-12)18(2)10-11-19-8-6-16-7-9-19/h4-5,16H,6-11H2,1-3H3. The summed E-state index contributed by atoms with van der Waals surface area (Å²) < 4.78 is 4.74. The van der Waals surface area contributed by atoms with E-state index in [1.54, 1.807) is 6.07 Å². The third kappa shape index (κ3) is 4.15. The van der Waals surface area contributed by atoms with Crippen LogP contribution in [0.5, 0.6) is 0 Å². The first kappa shape index (κ1) is 15.7. The number of carbonyl (C=O) groups is 1. The zero-order chi connectivity index (χ0) is 15.2. The molecule has 6 heteroatoms. The number of aryl methyl sites for hydroxylation is 1. The maximum atomic E-state index is 11.6. The fourth-order valence-corrected chi connectivity index (χ4v) is 2.43.